The highest BCUT2D eigenvalue weighted by atomic mass is 32.1. The molecular weight excluding hydrogens is 456 g/mol. The fraction of sp³-hybridized carbons (Fsp3) is 0.360. The lowest BCUT2D eigenvalue weighted by atomic mass is 10.00. The molecule has 0 saturated heterocycles. The molecule has 1 aliphatic rings. The van der Waals surface area contributed by atoms with Gasteiger partial charge in [-0.1, -0.05) is 18.2 Å². The summed E-state index contributed by atoms with van der Waals surface area (Å²) in [4.78, 5) is 32.0. The maximum Gasteiger partial charge on any atom is 0.264 e. The number of ether oxygens (including phenoxy) is 2. The van der Waals surface area contributed by atoms with Crippen molar-refractivity contribution >= 4 is 34.5 Å². The number of hydrogen-bond acceptors (Lipinski definition) is 6. The van der Waals surface area contributed by atoms with Gasteiger partial charge in [0.15, 0.2) is 11.5 Å². The number of para-hydroxylation sites is 2. The summed E-state index contributed by atoms with van der Waals surface area (Å²) < 4.78 is 11.5. The van der Waals surface area contributed by atoms with Gasteiger partial charge >= 0.3 is 0 Å². The summed E-state index contributed by atoms with van der Waals surface area (Å²) in [6.07, 6.45) is 0.810. The fourth-order valence-electron chi connectivity index (χ4n) is 4.05. The SMILES string of the molecule is COc1ccccc1OCC1c2ccsc2CCN1C(=O)CN(C(=O)c1cccs1)C(C)C. The van der Waals surface area contributed by atoms with E-state index in [4.69, 9.17) is 9.47 Å². The van der Waals surface area contributed by atoms with Crippen molar-refractivity contribution in [2.45, 2.75) is 32.4 Å². The second-order valence-corrected chi connectivity index (χ2v) is 10.1. The molecule has 6 nitrogen and oxygen atoms in total. The smallest absolute Gasteiger partial charge is 0.264 e. The molecule has 3 aromatic rings. The van der Waals surface area contributed by atoms with E-state index in [1.54, 1.807) is 29.4 Å². The van der Waals surface area contributed by atoms with Crippen LogP contribution in [0.1, 0.15) is 40.0 Å². The molecule has 0 aliphatic carbocycles. The Hall–Kier alpha value is -2.84. The lowest BCUT2D eigenvalue weighted by Gasteiger charge is -2.37. The zero-order valence-electron chi connectivity index (χ0n) is 19.0. The number of methoxy groups -OCH3 is 1. The molecule has 8 heteroatoms. The molecule has 0 spiro atoms. The molecule has 1 aliphatic heterocycles. The van der Waals surface area contributed by atoms with E-state index in [1.165, 1.54) is 16.2 Å². The quantitative estimate of drug-likeness (QED) is 0.458. The highest BCUT2D eigenvalue weighted by molar-refractivity contribution is 7.12. The number of amides is 2. The van der Waals surface area contributed by atoms with E-state index in [-0.39, 0.29) is 30.4 Å². The van der Waals surface area contributed by atoms with Crippen LogP contribution in [0, 0.1) is 0 Å². The highest BCUT2D eigenvalue weighted by Gasteiger charge is 2.34. The number of thiophene rings is 2. The van der Waals surface area contributed by atoms with Gasteiger partial charge in [0, 0.05) is 17.5 Å². The minimum Gasteiger partial charge on any atom is -0.493 e. The van der Waals surface area contributed by atoms with Crippen molar-refractivity contribution in [1.82, 2.24) is 9.80 Å². The second kappa shape index (κ2) is 10.4. The van der Waals surface area contributed by atoms with Crippen LogP contribution in [-0.2, 0) is 11.2 Å². The van der Waals surface area contributed by atoms with E-state index in [1.807, 2.05) is 54.5 Å². The molecule has 174 valence electrons. The summed E-state index contributed by atoms with van der Waals surface area (Å²) in [6, 6.07) is 12.9. The van der Waals surface area contributed by atoms with Crippen LogP contribution in [0.2, 0.25) is 0 Å². The molecule has 0 fully saturated rings. The summed E-state index contributed by atoms with van der Waals surface area (Å²) >= 11 is 3.11. The summed E-state index contributed by atoms with van der Waals surface area (Å²) in [5.74, 6) is 1.12. The number of rotatable bonds is 8. The largest absolute Gasteiger partial charge is 0.493 e. The molecule has 1 aromatic carbocycles. The van der Waals surface area contributed by atoms with Crippen molar-refractivity contribution in [3.8, 4) is 11.5 Å². The zero-order valence-corrected chi connectivity index (χ0v) is 20.7. The maximum absolute atomic E-state index is 13.5. The fourth-order valence-corrected chi connectivity index (χ4v) is 5.66. The Morgan fingerprint density at radius 3 is 2.58 bits per heavy atom. The molecule has 4 rings (SSSR count). The predicted octanol–water partition coefficient (Wildman–Crippen LogP) is 4.87. The standard InChI is InChI=1S/C25H28N2O4S2/c1-17(2)27(25(29)23-9-6-13-32-23)15-24(28)26-12-10-22-18(11-14-33-22)19(26)16-31-21-8-5-4-7-20(21)30-3/h4-9,11,13-14,17,19H,10,12,15-16H2,1-3H3. The first-order valence-electron chi connectivity index (χ1n) is 11.0. The van der Waals surface area contributed by atoms with Crippen molar-refractivity contribution in [2.24, 2.45) is 0 Å². The molecule has 0 N–H and O–H groups in total. The summed E-state index contributed by atoms with van der Waals surface area (Å²) in [5, 5.41) is 3.94. The van der Waals surface area contributed by atoms with Crippen molar-refractivity contribution in [3.05, 3.63) is 68.5 Å². The predicted molar refractivity (Wildman–Crippen MR) is 131 cm³/mol. The molecule has 2 amide bonds. The third-order valence-electron chi connectivity index (χ3n) is 5.80. The first kappa shape index (κ1) is 23.3. The number of benzene rings is 1. The third-order valence-corrected chi connectivity index (χ3v) is 7.66. The lowest BCUT2D eigenvalue weighted by Crippen LogP contribution is -2.49. The molecule has 0 bridgehead atoms. The first-order chi connectivity index (χ1) is 16.0. The minimum atomic E-state index is -0.219. The maximum atomic E-state index is 13.5. The van der Waals surface area contributed by atoms with Crippen LogP contribution in [0.3, 0.4) is 0 Å². The van der Waals surface area contributed by atoms with Gasteiger partial charge in [-0.05, 0) is 60.9 Å². The Kier molecular flexibility index (Phi) is 7.35. The monoisotopic (exact) mass is 484 g/mol. The Bertz CT molecular complexity index is 1090. The van der Waals surface area contributed by atoms with E-state index in [9.17, 15) is 9.59 Å². The van der Waals surface area contributed by atoms with Crippen LogP contribution in [-0.4, -0.2) is 54.5 Å². The van der Waals surface area contributed by atoms with Gasteiger partial charge in [-0.15, -0.1) is 22.7 Å². The van der Waals surface area contributed by atoms with E-state index in [2.05, 4.69) is 11.4 Å². The van der Waals surface area contributed by atoms with Crippen LogP contribution < -0.4 is 9.47 Å². The van der Waals surface area contributed by atoms with E-state index >= 15 is 0 Å². The topological polar surface area (TPSA) is 59.1 Å². The van der Waals surface area contributed by atoms with Crippen LogP contribution in [0.15, 0.2) is 53.2 Å². The molecule has 1 atom stereocenters. The Labute approximate surface area is 202 Å². The van der Waals surface area contributed by atoms with Gasteiger partial charge in [-0.2, -0.15) is 0 Å². The van der Waals surface area contributed by atoms with E-state index in [0.717, 1.165) is 12.0 Å². The van der Waals surface area contributed by atoms with Crippen LogP contribution in [0.4, 0.5) is 0 Å². The van der Waals surface area contributed by atoms with Crippen LogP contribution in [0.5, 0.6) is 11.5 Å². The van der Waals surface area contributed by atoms with Crippen molar-refractivity contribution < 1.29 is 19.1 Å². The van der Waals surface area contributed by atoms with E-state index in [0.29, 0.717) is 29.5 Å². The van der Waals surface area contributed by atoms with Crippen LogP contribution >= 0.6 is 22.7 Å². The summed E-state index contributed by atoms with van der Waals surface area (Å²) in [6.45, 7) is 4.84. The van der Waals surface area contributed by atoms with E-state index < -0.39 is 0 Å². The van der Waals surface area contributed by atoms with Gasteiger partial charge in [0.05, 0.1) is 18.0 Å². The number of hydrogen-bond donors (Lipinski definition) is 0. The number of fused-ring (bicyclic) bond motifs is 1. The average molecular weight is 485 g/mol. The molecule has 0 radical (unpaired) electrons. The lowest BCUT2D eigenvalue weighted by molar-refractivity contribution is -0.136. The molecule has 0 saturated carbocycles. The summed E-state index contributed by atoms with van der Waals surface area (Å²) in [5.41, 5.74) is 1.12. The molecule has 2 aromatic heterocycles. The molecule has 1 unspecified atom stereocenters. The summed E-state index contributed by atoms with van der Waals surface area (Å²) in [7, 11) is 1.61. The first-order valence-corrected chi connectivity index (χ1v) is 12.7. The number of carbonyl (C=O) groups is 2. The van der Waals surface area contributed by atoms with Gasteiger partial charge in [0.2, 0.25) is 5.91 Å². The van der Waals surface area contributed by atoms with Crippen molar-refractivity contribution in [1.29, 1.82) is 0 Å². The third kappa shape index (κ3) is 5.07. The number of nitrogens with zero attached hydrogens (tertiary/aromatic N) is 2. The Morgan fingerprint density at radius 2 is 1.88 bits per heavy atom. The Balaban J connectivity index is 1.54. The van der Waals surface area contributed by atoms with Crippen LogP contribution in [0.25, 0.3) is 0 Å². The van der Waals surface area contributed by atoms with Gasteiger partial charge in [-0.3, -0.25) is 9.59 Å². The average Bonchev–Trinajstić information content (AvgIpc) is 3.52. The van der Waals surface area contributed by atoms with Gasteiger partial charge in [0.25, 0.3) is 5.91 Å². The highest BCUT2D eigenvalue weighted by Crippen LogP contribution is 2.35. The van der Waals surface area contributed by atoms with Gasteiger partial charge in [0.1, 0.15) is 13.2 Å². The zero-order chi connectivity index (χ0) is 23.4. The van der Waals surface area contributed by atoms with Crippen molar-refractivity contribution in [3.63, 3.8) is 0 Å². The Morgan fingerprint density at radius 1 is 1.09 bits per heavy atom. The van der Waals surface area contributed by atoms with Gasteiger partial charge < -0.3 is 19.3 Å². The molecule has 3 heterocycles. The molecular formula is C25H28N2O4S2. The number of carbonyl (C=O) groups excluding carboxylic acids is 2. The minimum absolute atomic E-state index is 0.0407. The second-order valence-electron chi connectivity index (χ2n) is 8.12. The normalized spacial score (nSPS) is 15.3. The molecule has 33 heavy (non-hydrogen) atoms. The van der Waals surface area contributed by atoms with Crippen molar-refractivity contribution in [2.75, 3.05) is 26.8 Å². The van der Waals surface area contributed by atoms with Gasteiger partial charge in [-0.25, -0.2) is 0 Å².